The monoisotopic (exact) mass is 291 g/mol. The van der Waals surface area contributed by atoms with E-state index in [9.17, 15) is 0 Å². The van der Waals surface area contributed by atoms with Crippen molar-refractivity contribution in [3.05, 3.63) is 23.4 Å². The van der Waals surface area contributed by atoms with Crippen LogP contribution in [0, 0.1) is 6.92 Å². The third-order valence-electron chi connectivity index (χ3n) is 3.57. The van der Waals surface area contributed by atoms with Crippen LogP contribution in [-0.2, 0) is 11.3 Å². The number of rotatable bonds is 3. The maximum Gasteiger partial charge on any atom is 0.129 e. The molecule has 1 aliphatic heterocycles. The summed E-state index contributed by atoms with van der Waals surface area (Å²) < 4.78 is 5.81. The Morgan fingerprint density at radius 2 is 1.86 bits per heavy atom. The van der Waals surface area contributed by atoms with Crippen LogP contribution < -0.4 is 10.2 Å². The molecule has 21 heavy (non-hydrogen) atoms. The molecule has 2 atom stereocenters. The summed E-state index contributed by atoms with van der Waals surface area (Å²) in [6.45, 7) is 15.6. The normalized spacial score (nSPS) is 23.4. The van der Waals surface area contributed by atoms with Crippen molar-refractivity contribution >= 4 is 5.82 Å². The molecule has 0 aromatic carbocycles. The van der Waals surface area contributed by atoms with Gasteiger partial charge in [-0.05, 0) is 59.2 Å². The van der Waals surface area contributed by atoms with Crippen molar-refractivity contribution in [1.29, 1.82) is 0 Å². The minimum absolute atomic E-state index is 0.124. The molecule has 1 aromatic heterocycles. The van der Waals surface area contributed by atoms with Gasteiger partial charge in [-0.3, -0.25) is 0 Å². The lowest BCUT2D eigenvalue weighted by molar-refractivity contribution is -0.00547. The summed E-state index contributed by atoms with van der Waals surface area (Å²) in [6, 6.07) is 4.37. The van der Waals surface area contributed by atoms with Gasteiger partial charge >= 0.3 is 0 Å². The Kier molecular flexibility index (Phi) is 4.89. The largest absolute Gasteiger partial charge is 0.372 e. The van der Waals surface area contributed by atoms with E-state index < -0.39 is 0 Å². The fourth-order valence-electron chi connectivity index (χ4n) is 2.72. The van der Waals surface area contributed by atoms with Crippen molar-refractivity contribution in [3.8, 4) is 0 Å². The molecule has 1 aromatic rings. The first kappa shape index (κ1) is 16.2. The number of aromatic nitrogens is 1. The number of ether oxygens (including phenoxy) is 1. The highest BCUT2D eigenvalue weighted by atomic mass is 16.5. The molecule has 118 valence electrons. The number of pyridine rings is 1. The SMILES string of the molecule is Cc1cc(CNC(C)(C)C)cc(N2CC(C)OC(C)C2)n1. The first-order chi connectivity index (χ1) is 9.73. The highest BCUT2D eigenvalue weighted by Crippen LogP contribution is 2.20. The lowest BCUT2D eigenvalue weighted by atomic mass is 10.1. The van der Waals surface area contributed by atoms with Gasteiger partial charge in [-0.15, -0.1) is 0 Å². The average molecular weight is 291 g/mol. The van der Waals surface area contributed by atoms with Gasteiger partial charge in [-0.1, -0.05) is 0 Å². The molecular formula is C17H29N3O. The highest BCUT2D eigenvalue weighted by molar-refractivity contribution is 5.43. The summed E-state index contributed by atoms with van der Waals surface area (Å²) in [5.41, 5.74) is 2.49. The Bertz CT molecular complexity index is 471. The van der Waals surface area contributed by atoms with Crippen LogP contribution in [0.5, 0.6) is 0 Å². The Labute approximate surface area is 128 Å². The van der Waals surface area contributed by atoms with Crippen molar-refractivity contribution in [2.45, 2.75) is 65.8 Å². The van der Waals surface area contributed by atoms with Crippen molar-refractivity contribution in [2.24, 2.45) is 0 Å². The molecule has 4 nitrogen and oxygen atoms in total. The molecule has 4 heteroatoms. The van der Waals surface area contributed by atoms with E-state index in [1.54, 1.807) is 0 Å². The number of nitrogens with zero attached hydrogens (tertiary/aromatic N) is 2. The van der Waals surface area contributed by atoms with Crippen LogP contribution in [0.1, 0.15) is 45.9 Å². The molecule has 1 N–H and O–H groups in total. The highest BCUT2D eigenvalue weighted by Gasteiger charge is 2.23. The lowest BCUT2D eigenvalue weighted by Gasteiger charge is -2.36. The van der Waals surface area contributed by atoms with Gasteiger partial charge in [0, 0.05) is 30.9 Å². The third-order valence-corrected chi connectivity index (χ3v) is 3.57. The van der Waals surface area contributed by atoms with E-state index in [0.29, 0.717) is 0 Å². The lowest BCUT2D eigenvalue weighted by Crippen LogP contribution is -2.46. The third kappa shape index (κ3) is 4.97. The molecular weight excluding hydrogens is 262 g/mol. The molecule has 2 rings (SSSR count). The average Bonchev–Trinajstić information content (AvgIpc) is 2.34. The Morgan fingerprint density at radius 3 is 2.43 bits per heavy atom. The summed E-state index contributed by atoms with van der Waals surface area (Å²) in [6.07, 6.45) is 0.513. The van der Waals surface area contributed by atoms with Crippen LogP contribution in [0.3, 0.4) is 0 Å². The molecule has 2 unspecified atom stereocenters. The quantitative estimate of drug-likeness (QED) is 0.929. The van der Waals surface area contributed by atoms with E-state index in [1.165, 1.54) is 5.56 Å². The number of hydrogen-bond acceptors (Lipinski definition) is 4. The Balaban J connectivity index is 2.14. The molecule has 0 saturated carbocycles. The summed E-state index contributed by atoms with van der Waals surface area (Å²) in [5.74, 6) is 1.07. The van der Waals surface area contributed by atoms with Gasteiger partial charge in [0.25, 0.3) is 0 Å². The molecule has 2 heterocycles. The van der Waals surface area contributed by atoms with Gasteiger partial charge in [0.05, 0.1) is 12.2 Å². The van der Waals surface area contributed by atoms with Gasteiger partial charge in [0.15, 0.2) is 0 Å². The van der Waals surface area contributed by atoms with E-state index in [4.69, 9.17) is 9.72 Å². The van der Waals surface area contributed by atoms with Crippen LogP contribution in [0.4, 0.5) is 5.82 Å². The molecule has 0 spiro atoms. The first-order valence-corrected chi connectivity index (χ1v) is 7.86. The summed E-state index contributed by atoms with van der Waals surface area (Å²) >= 11 is 0. The smallest absolute Gasteiger partial charge is 0.129 e. The van der Waals surface area contributed by atoms with Gasteiger partial charge in [-0.2, -0.15) is 0 Å². The van der Waals surface area contributed by atoms with Crippen LogP contribution in [-0.4, -0.2) is 35.8 Å². The van der Waals surface area contributed by atoms with Crippen LogP contribution in [0.15, 0.2) is 12.1 Å². The maximum atomic E-state index is 5.81. The number of morpholine rings is 1. The zero-order chi connectivity index (χ0) is 15.6. The summed E-state index contributed by atoms with van der Waals surface area (Å²) in [5, 5.41) is 3.54. The molecule has 0 aliphatic carbocycles. The Morgan fingerprint density at radius 1 is 1.24 bits per heavy atom. The van der Waals surface area contributed by atoms with Gasteiger partial charge in [0.2, 0.25) is 0 Å². The standard InChI is InChI=1S/C17H29N3O/c1-12-7-15(9-18-17(4,5)6)8-16(19-12)20-10-13(2)21-14(3)11-20/h7-8,13-14,18H,9-11H2,1-6H3. The van der Waals surface area contributed by atoms with E-state index in [2.05, 4.69) is 63.9 Å². The number of anilines is 1. The fraction of sp³-hybridized carbons (Fsp3) is 0.706. The van der Waals surface area contributed by atoms with E-state index in [-0.39, 0.29) is 17.7 Å². The topological polar surface area (TPSA) is 37.4 Å². The first-order valence-electron chi connectivity index (χ1n) is 7.86. The molecule has 1 fully saturated rings. The summed E-state index contributed by atoms with van der Waals surface area (Å²) in [7, 11) is 0. The molecule has 1 aliphatic rings. The van der Waals surface area contributed by atoms with Crippen LogP contribution in [0.25, 0.3) is 0 Å². The molecule has 1 saturated heterocycles. The molecule has 0 amide bonds. The van der Waals surface area contributed by atoms with E-state index >= 15 is 0 Å². The van der Waals surface area contributed by atoms with Gasteiger partial charge in [0.1, 0.15) is 5.82 Å². The molecule has 0 radical (unpaired) electrons. The predicted octanol–water partition coefficient (Wildman–Crippen LogP) is 2.89. The summed E-state index contributed by atoms with van der Waals surface area (Å²) in [4.78, 5) is 7.05. The predicted molar refractivity (Wildman–Crippen MR) is 87.8 cm³/mol. The second kappa shape index (κ2) is 6.32. The maximum absolute atomic E-state index is 5.81. The van der Waals surface area contributed by atoms with Crippen molar-refractivity contribution in [2.75, 3.05) is 18.0 Å². The molecule has 0 bridgehead atoms. The minimum Gasteiger partial charge on any atom is -0.372 e. The minimum atomic E-state index is 0.124. The van der Waals surface area contributed by atoms with E-state index in [0.717, 1.165) is 31.1 Å². The zero-order valence-electron chi connectivity index (χ0n) is 14.2. The number of hydrogen-bond donors (Lipinski definition) is 1. The fourth-order valence-corrected chi connectivity index (χ4v) is 2.72. The van der Waals surface area contributed by atoms with Crippen molar-refractivity contribution in [1.82, 2.24) is 10.3 Å². The van der Waals surface area contributed by atoms with Crippen LogP contribution >= 0.6 is 0 Å². The van der Waals surface area contributed by atoms with E-state index in [1.807, 2.05) is 0 Å². The van der Waals surface area contributed by atoms with Crippen LogP contribution in [0.2, 0.25) is 0 Å². The number of nitrogens with one attached hydrogen (secondary N) is 1. The van der Waals surface area contributed by atoms with Gasteiger partial charge in [-0.25, -0.2) is 4.98 Å². The zero-order valence-corrected chi connectivity index (χ0v) is 14.2. The Hall–Kier alpha value is -1.13. The van der Waals surface area contributed by atoms with Crippen molar-refractivity contribution in [3.63, 3.8) is 0 Å². The second-order valence-electron chi connectivity index (χ2n) is 7.24. The second-order valence-corrected chi connectivity index (χ2v) is 7.24. The van der Waals surface area contributed by atoms with Crippen molar-refractivity contribution < 1.29 is 4.74 Å². The number of aryl methyl sites for hydroxylation is 1. The van der Waals surface area contributed by atoms with Gasteiger partial charge < -0.3 is 15.0 Å².